The van der Waals surface area contributed by atoms with E-state index in [0.29, 0.717) is 19.5 Å². The second kappa shape index (κ2) is 7.85. The van der Waals surface area contributed by atoms with Crippen molar-refractivity contribution >= 4 is 11.8 Å². The van der Waals surface area contributed by atoms with Crippen LogP contribution in [0, 0.1) is 11.8 Å². The summed E-state index contributed by atoms with van der Waals surface area (Å²) in [6, 6.07) is 8.44. The second-order valence-corrected chi connectivity index (χ2v) is 7.85. The number of carbonyl (C=O) groups is 2. The maximum atomic E-state index is 12.9. The van der Waals surface area contributed by atoms with Crippen molar-refractivity contribution in [1.29, 1.82) is 0 Å². The minimum atomic E-state index is -0.145. The molecule has 0 bridgehead atoms. The van der Waals surface area contributed by atoms with Gasteiger partial charge in [-0.3, -0.25) is 19.4 Å². The Kier molecular flexibility index (Phi) is 5.30. The van der Waals surface area contributed by atoms with Crippen LogP contribution in [0.2, 0.25) is 0 Å². The third kappa shape index (κ3) is 3.53. The highest BCUT2D eigenvalue weighted by Gasteiger charge is 2.47. The van der Waals surface area contributed by atoms with Crippen LogP contribution in [-0.4, -0.2) is 41.9 Å². The number of methoxy groups -OCH3 is 1. The molecule has 1 aliphatic carbocycles. The van der Waals surface area contributed by atoms with E-state index in [1.165, 1.54) is 23.3 Å². The van der Waals surface area contributed by atoms with Crippen molar-refractivity contribution in [1.82, 2.24) is 9.80 Å². The summed E-state index contributed by atoms with van der Waals surface area (Å²) >= 11 is 0. The maximum Gasteiger partial charge on any atom is 0.234 e. The van der Waals surface area contributed by atoms with E-state index in [1.807, 2.05) is 24.3 Å². The molecule has 144 valence electrons. The Bertz CT molecular complexity index is 702. The van der Waals surface area contributed by atoms with Gasteiger partial charge in [-0.15, -0.1) is 0 Å². The second-order valence-electron chi connectivity index (χ2n) is 7.85. The first kappa shape index (κ1) is 18.2. The predicted octanol–water partition coefficient (Wildman–Crippen LogP) is 3.52. The van der Waals surface area contributed by atoms with Crippen LogP contribution in [0.25, 0.3) is 0 Å². The van der Waals surface area contributed by atoms with Crippen LogP contribution < -0.4 is 4.74 Å². The first-order valence-electron chi connectivity index (χ1n) is 10.1. The van der Waals surface area contributed by atoms with Crippen molar-refractivity contribution in [2.75, 3.05) is 20.3 Å². The van der Waals surface area contributed by atoms with Crippen LogP contribution in [0.1, 0.15) is 50.1 Å². The Hall–Kier alpha value is -2.14. The summed E-state index contributed by atoms with van der Waals surface area (Å²) in [5.41, 5.74) is 1.23. The lowest BCUT2D eigenvalue weighted by Crippen LogP contribution is -2.43. The van der Waals surface area contributed by atoms with Gasteiger partial charge in [-0.25, -0.2) is 0 Å². The molecule has 2 fully saturated rings. The molecule has 5 heteroatoms. The van der Waals surface area contributed by atoms with Crippen molar-refractivity contribution < 1.29 is 14.3 Å². The summed E-state index contributed by atoms with van der Waals surface area (Å²) in [6.45, 7) is 1.34. The molecule has 1 aromatic rings. The number of hydrogen-bond donors (Lipinski definition) is 0. The highest BCUT2D eigenvalue weighted by molar-refractivity contribution is 6.05. The molecule has 4 rings (SSSR count). The van der Waals surface area contributed by atoms with E-state index in [9.17, 15) is 9.59 Å². The summed E-state index contributed by atoms with van der Waals surface area (Å²) in [5, 5.41) is 0. The summed E-state index contributed by atoms with van der Waals surface area (Å²) in [7, 11) is 1.67. The summed E-state index contributed by atoms with van der Waals surface area (Å²) in [6.07, 6.45) is 10.0. The van der Waals surface area contributed by atoms with E-state index >= 15 is 0 Å². The van der Waals surface area contributed by atoms with Crippen LogP contribution in [0.5, 0.6) is 5.75 Å². The van der Waals surface area contributed by atoms with E-state index in [0.717, 1.165) is 25.1 Å². The zero-order valence-corrected chi connectivity index (χ0v) is 16.0. The average Bonchev–Trinajstić information content (AvgIpc) is 2.86. The van der Waals surface area contributed by atoms with E-state index in [4.69, 9.17) is 4.74 Å². The molecule has 0 radical (unpaired) electrons. The molecule has 5 nitrogen and oxygen atoms in total. The number of imide groups is 1. The number of amides is 2. The van der Waals surface area contributed by atoms with Gasteiger partial charge in [0.05, 0.1) is 25.6 Å². The Morgan fingerprint density at radius 2 is 1.63 bits per heavy atom. The smallest absolute Gasteiger partial charge is 0.234 e. The summed E-state index contributed by atoms with van der Waals surface area (Å²) in [5.74, 6) is 0.599. The number of allylic oxidation sites excluding steroid dienone is 2. The van der Waals surface area contributed by atoms with Gasteiger partial charge in [-0.05, 0) is 43.4 Å². The topological polar surface area (TPSA) is 49.9 Å². The molecule has 2 heterocycles. The minimum absolute atomic E-state index is 0.0204. The van der Waals surface area contributed by atoms with Gasteiger partial charge in [0.1, 0.15) is 5.75 Å². The molecule has 0 aromatic heterocycles. The van der Waals surface area contributed by atoms with Gasteiger partial charge in [0, 0.05) is 12.6 Å². The van der Waals surface area contributed by atoms with Crippen molar-refractivity contribution in [3.63, 3.8) is 0 Å². The zero-order chi connectivity index (χ0) is 18.8. The number of ether oxygens (including phenoxy) is 1. The number of hydrogen-bond acceptors (Lipinski definition) is 4. The average molecular weight is 368 g/mol. The van der Waals surface area contributed by atoms with Gasteiger partial charge >= 0.3 is 0 Å². The fourth-order valence-corrected chi connectivity index (χ4v) is 4.73. The van der Waals surface area contributed by atoms with Crippen molar-refractivity contribution in [3.05, 3.63) is 42.0 Å². The van der Waals surface area contributed by atoms with E-state index in [1.54, 1.807) is 7.11 Å². The monoisotopic (exact) mass is 368 g/mol. The number of nitrogens with zero attached hydrogens (tertiary/aromatic N) is 2. The lowest BCUT2D eigenvalue weighted by molar-refractivity contribution is -0.143. The quantitative estimate of drug-likeness (QED) is 0.603. The van der Waals surface area contributed by atoms with E-state index < -0.39 is 0 Å². The Balaban J connectivity index is 1.54. The van der Waals surface area contributed by atoms with Gasteiger partial charge in [0.2, 0.25) is 11.8 Å². The van der Waals surface area contributed by atoms with Gasteiger partial charge in [0.25, 0.3) is 0 Å². The number of likely N-dealkylation sites (tertiary alicyclic amines) is 2. The molecule has 3 atom stereocenters. The fourth-order valence-electron chi connectivity index (χ4n) is 4.73. The lowest BCUT2D eigenvalue weighted by Gasteiger charge is -2.33. The number of rotatable bonds is 4. The van der Waals surface area contributed by atoms with E-state index in [2.05, 4.69) is 17.0 Å². The maximum absolute atomic E-state index is 12.9. The molecule has 0 N–H and O–H groups in total. The zero-order valence-electron chi connectivity index (χ0n) is 16.0. The molecule has 2 aliphatic heterocycles. The lowest BCUT2D eigenvalue weighted by atomic mass is 9.85. The normalized spacial score (nSPS) is 28.9. The first-order valence-corrected chi connectivity index (χ1v) is 10.1. The number of benzene rings is 1. The van der Waals surface area contributed by atoms with Crippen LogP contribution in [0.3, 0.4) is 0 Å². The summed E-state index contributed by atoms with van der Waals surface area (Å²) < 4.78 is 5.28. The highest BCUT2D eigenvalue weighted by atomic mass is 16.5. The number of fused-ring (bicyclic) bond motifs is 1. The van der Waals surface area contributed by atoms with Gasteiger partial charge in [0.15, 0.2) is 0 Å². The molecular weight excluding hydrogens is 340 g/mol. The van der Waals surface area contributed by atoms with Crippen LogP contribution in [-0.2, 0) is 9.59 Å². The minimum Gasteiger partial charge on any atom is -0.497 e. The van der Waals surface area contributed by atoms with Gasteiger partial charge in [-0.2, -0.15) is 0 Å². The largest absolute Gasteiger partial charge is 0.497 e. The predicted molar refractivity (Wildman–Crippen MR) is 103 cm³/mol. The highest BCUT2D eigenvalue weighted by Crippen LogP contribution is 2.37. The van der Waals surface area contributed by atoms with E-state index in [-0.39, 0.29) is 29.7 Å². The van der Waals surface area contributed by atoms with Crippen molar-refractivity contribution in [2.24, 2.45) is 11.8 Å². The van der Waals surface area contributed by atoms with Gasteiger partial charge in [-0.1, -0.05) is 37.1 Å². The molecule has 3 unspecified atom stereocenters. The Labute approximate surface area is 161 Å². The van der Waals surface area contributed by atoms with Gasteiger partial charge < -0.3 is 4.74 Å². The van der Waals surface area contributed by atoms with Crippen LogP contribution in [0.15, 0.2) is 36.4 Å². The summed E-state index contributed by atoms with van der Waals surface area (Å²) in [4.78, 5) is 29.6. The molecule has 0 saturated carbocycles. The van der Waals surface area contributed by atoms with Crippen LogP contribution in [0.4, 0.5) is 0 Å². The third-order valence-corrected chi connectivity index (χ3v) is 6.29. The third-order valence-electron chi connectivity index (χ3n) is 6.29. The molecule has 0 spiro atoms. The first-order chi connectivity index (χ1) is 13.2. The molecule has 3 aliphatic rings. The molecule has 1 aromatic carbocycles. The Morgan fingerprint density at radius 3 is 2.26 bits per heavy atom. The Morgan fingerprint density at radius 1 is 0.963 bits per heavy atom. The molecule has 2 saturated heterocycles. The van der Waals surface area contributed by atoms with Crippen molar-refractivity contribution in [2.45, 2.75) is 44.6 Å². The van der Waals surface area contributed by atoms with Crippen LogP contribution >= 0.6 is 0 Å². The molecular formula is C22H28N2O3. The van der Waals surface area contributed by atoms with Crippen molar-refractivity contribution in [3.8, 4) is 5.75 Å². The molecule has 27 heavy (non-hydrogen) atoms. The SMILES string of the molecule is COc1ccc(C2CCCCCN2CN2C(=O)C3CC=CCC3C2=O)cc1. The number of carbonyl (C=O) groups excluding carboxylic acids is 2. The fraction of sp³-hybridized carbons (Fsp3) is 0.545. The standard InChI is InChI=1S/C22H28N2O3/c1-27-17-12-10-16(11-13-17)20-9-3-2-6-14-23(20)15-24-21(25)18-7-4-5-8-19(18)22(24)26/h4-5,10-13,18-20H,2-3,6-9,14-15H2,1H3. The molecule has 2 amide bonds.